The van der Waals surface area contributed by atoms with Crippen LogP contribution in [-0.2, 0) is 4.79 Å². The van der Waals surface area contributed by atoms with Crippen molar-refractivity contribution in [1.82, 2.24) is 15.6 Å². The molecule has 0 atom stereocenters. The Bertz CT molecular complexity index is 1100. The molecule has 2 N–H and O–H groups in total. The molecule has 0 fully saturated rings. The highest BCUT2D eigenvalue weighted by atomic mass is 35.5. The zero-order valence-corrected chi connectivity index (χ0v) is 16.7. The second kappa shape index (κ2) is 9.84. The maximum Gasteiger partial charge on any atom is 0.274 e. The topological polar surface area (TPSA) is 80.3 Å². The molecule has 0 aliphatic heterocycles. The molecule has 0 bridgehead atoms. The van der Waals surface area contributed by atoms with Crippen LogP contribution in [-0.4, -0.2) is 29.9 Å². The largest absolute Gasteiger partial charge is 0.484 e. The van der Waals surface area contributed by atoms with Crippen molar-refractivity contribution in [3.8, 4) is 5.75 Å². The van der Waals surface area contributed by atoms with Crippen LogP contribution in [0.5, 0.6) is 5.75 Å². The second-order valence-electron chi connectivity index (χ2n) is 6.41. The number of hydrogen-bond donors (Lipinski definition) is 2. The molecule has 0 aliphatic rings. The third-order valence-electron chi connectivity index (χ3n) is 4.13. The third kappa shape index (κ3) is 5.78. The summed E-state index contributed by atoms with van der Waals surface area (Å²) in [5, 5.41) is 6.23. The summed E-state index contributed by atoms with van der Waals surface area (Å²) in [5.41, 5.74) is 1.45. The molecule has 30 heavy (non-hydrogen) atoms. The lowest BCUT2D eigenvalue weighted by Crippen LogP contribution is -2.31. The molecular weight excluding hydrogens is 409 g/mol. The van der Waals surface area contributed by atoms with Crippen LogP contribution in [0.3, 0.4) is 0 Å². The van der Waals surface area contributed by atoms with Crippen molar-refractivity contribution in [2.75, 3.05) is 13.2 Å². The van der Waals surface area contributed by atoms with Gasteiger partial charge in [0.2, 0.25) is 0 Å². The highest BCUT2D eigenvalue weighted by Crippen LogP contribution is 2.20. The number of para-hydroxylation sites is 1. The molecule has 0 saturated carbocycles. The normalized spacial score (nSPS) is 10.5. The molecule has 3 rings (SSSR count). The van der Waals surface area contributed by atoms with Crippen LogP contribution in [0.2, 0.25) is 5.02 Å². The summed E-state index contributed by atoms with van der Waals surface area (Å²) in [6.07, 6.45) is 0.334. The first-order chi connectivity index (χ1) is 14.4. The number of nitrogens with zero attached hydrogens (tertiary/aromatic N) is 1. The number of carbonyl (C=O) groups excluding carboxylic acids is 2. The Kier molecular flexibility index (Phi) is 6.98. The molecule has 3 aromatic rings. The lowest BCUT2D eigenvalue weighted by molar-refractivity contribution is -0.123. The van der Waals surface area contributed by atoms with Gasteiger partial charge in [0.1, 0.15) is 17.3 Å². The minimum absolute atomic E-state index is 0.0220. The van der Waals surface area contributed by atoms with Gasteiger partial charge in [-0.15, -0.1) is 0 Å². The monoisotopic (exact) mass is 427 g/mol. The number of ether oxygens (including phenoxy) is 1. The molecule has 2 aromatic carbocycles. The predicted octanol–water partition coefficient (Wildman–Crippen LogP) is 3.86. The van der Waals surface area contributed by atoms with Gasteiger partial charge in [-0.2, -0.15) is 0 Å². The van der Waals surface area contributed by atoms with Crippen molar-refractivity contribution in [2.45, 2.75) is 6.42 Å². The van der Waals surface area contributed by atoms with E-state index in [1.807, 2.05) is 30.3 Å². The fourth-order valence-corrected chi connectivity index (χ4v) is 2.72. The molecule has 0 radical (unpaired) electrons. The molecule has 0 spiro atoms. The Hall–Kier alpha value is -3.45. The van der Waals surface area contributed by atoms with Gasteiger partial charge in [0.05, 0.1) is 10.5 Å². The predicted molar refractivity (Wildman–Crippen MR) is 113 cm³/mol. The smallest absolute Gasteiger partial charge is 0.274 e. The summed E-state index contributed by atoms with van der Waals surface area (Å²) in [5.74, 6) is -1.18. The number of hydrogen-bond acceptors (Lipinski definition) is 4. The number of halogens is 2. The van der Waals surface area contributed by atoms with Crippen LogP contribution in [0, 0.1) is 5.82 Å². The maximum absolute atomic E-state index is 13.3. The minimum Gasteiger partial charge on any atom is -0.484 e. The zero-order valence-electron chi connectivity index (χ0n) is 16.0. The number of rotatable bonds is 8. The molecule has 154 valence electrons. The van der Waals surface area contributed by atoms with Crippen molar-refractivity contribution in [3.05, 3.63) is 83.4 Å². The Morgan fingerprint density at radius 2 is 1.93 bits per heavy atom. The molecule has 0 aliphatic carbocycles. The number of nitrogens with one attached hydrogen (secondary N) is 2. The maximum atomic E-state index is 13.3. The third-order valence-corrected chi connectivity index (χ3v) is 4.44. The molecule has 6 nitrogen and oxygen atoms in total. The summed E-state index contributed by atoms with van der Waals surface area (Å²) < 4.78 is 18.5. The van der Waals surface area contributed by atoms with Crippen molar-refractivity contribution in [1.29, 1.82) is 0 Å². The van der Waals surface area contributed by atoms with Gasteiger partial charge in [-0.25, -0.2) is 9.37 Å². The Morgan fingerprint density at radius 1 is 1.13 bits per heavy atom. The van der Waals surface area contributed by atoms with E-state index >= 15 is 0 Å². The Balaban J connectivity index is 1.40. The lowest BCUT2D eigenvalue weighted by Gasteiger charge is -2.10. The average molecular weight is 428 g/mol. The van der Waals surface area contributed by atoms with Gasteiger partial charge in [0, 0.05) is 30.1 Å². The summed E-state index contributed by atoms with van der Waals surface area (Å²) in [4.78, 5) is 28.5. The van der Waals surface area contributed by atoms with Gasteiger partial charge in [-0.3, -0.25) is 9.59 Å². The zero-order chi connectivity index (χ0) is 21.5. The van der Waals surface area contributed by atoms with Crippen LogP contribution in [0.1, 0.15) is 16.9 Å². The number of aromatic nitrogens is 1. The van der Waals surface area contributed by atoms with E-state index in [0.717, 1.165) is 17.0 Å². The van der Waals surface area contributed by atoms with Crippen molar-refractivity contribution < 1.29 is 18.7 Å². The van der Waals surface area contributed by atoms with Crippen LogP contribution in [0.25, 0.3) is 10.9 Å². The standard InChI is InChI=1S/C22H19ClFN3O3/c1-14(26-22(29)20-9-6-15-4-2-3-5-19(15)27-20)10-11-25-21(28)13-30-16-7-8-17(23)18(24)12-16/h2-9,12H,1,10-11,13H2,(H,25,28)(H,26,29). The van der Waals surface area contributed by atoms with E-state index in [9.17, 15) is 14.0 Å². The summed E-state index contributed by atoms with van der Waals surface area (Å²) in [7, 11) is 0. The fourth-order valence-electron chi connectivity index (χ4n) is 2.60. The van der Waals surface area contributed by atoms with Gasteiger partial charge in [-0.1, -0.05) is 42.4 Å². The summed E-state index contributed by atoms with van der Waals surface area (Å²) in [6.45, 7) is 3.77. The number of amides is 2. The highest BCUT2D eigenvalue weighted by molar-refractivity contribution is 6.30. The first-order valence-corrected chi connectivity index (χ1v) is 9.49. The van der Waals surface area contributed by atoms with E-state index in [1.54, 1.807) is 6.07 Å². The van der Waals surface area contributed by atoms with E-state index in [4.69, 9.17) is 16.3 Å². The number of carbonyl (C=O) groups is 2. The summed E-state index contributed by atoms with van der Waals surface area (Å²) >= 11 is 5.59. The molecular formula is C22H19ClFN3O3. The average Bonchev–Trinajstić information content (AvgIpc) is 2.74. The highest BCUT2D eigenvalue weighted by Gasteiger charge is 2.10. The van der Waals surface area contributed by atoms with E-state index in [1.165, 1.54) is 12.1 Å². The van der Waals surface area contributed by atoms with E-state index in [0.29, 0.717) is 12.1 Å². The van der Waals surface area contributed by atoms with Gasteiger partial charge >= 0.3 is 0 Å². The lowest BCUT2D eigenvalue weighted by atomic mass is 10.2. The number of fused-ring (bicyclic) bond motifs is 1. The first kappa shape index (κ1) is 21.3. The molecule has 1 heterocycles. The van der Waals surface area contributed by atoms with Crippen molar-refractivity contribution in [3.63, 3.8) is 0 Å². The number of benzene rings is 2. The van der Waals surface area contributed by atoms with Crippen LogP contribution in [0.15, 0.2) is 66.9 Å². The van der Waals surface area contributed by atoms with Crippen LogP contribution >= 0.6 is 11.6 Å². The quantitative estimate of drug-likeness (QED) is 0.572. The molecule has 0 saturated heterocycles. The van der Waals surface area contributed by atoms with E-state index in [2.05, 4.69) is 22.2 Å². The minimum atomic E-state index is -0.623. The van der Waals surface area contributed by atoms with E-state index in [-0.39, 0.29) is 41.4 Å². The first-order valence-electron chi connectivity index (χ1n) is 9.12. The summed E-state index contributed by atoms with van der Waals surface area (Å²) in [6, 6.07) is 14.9. The molecule has 0 unspecified atom stereocenters. The molecule has 2 amide bonds. The molecule has 1 aromatic heterocycles. The fraction of sp³-hybridized carbons (Fsp3) is 0.136. The number of pyridine rings is 1. The van der Waals surface area contributed by atoms with Gasteiger partial charge in [-0.05, 0) is 24.3 Å². The van der Waals surface area contributed by atoms with Crippen LogP contribution < -0.4 is 15.4 Å². The molecule has 8 heteroatoms. The Labute approximate surface area is 177 Å². The Morgan fingerprint density at radius 3 is 2.73 bits per heavy atom. The van der Waals surface area contributed by atoms with Gasteiger partial charge < -0.3 is 15.4 Å². The van der Waals surface area contributed by atoms with Crippen molar-refractivity contribution >= 4 is 34.3 Å². The second-order valence-corrected chi connectivity index (χ2v) is 6.82. The van der Waals surface area contributed by atoms with Gasteiger partial charge in [0.25, 0.3) is 11.8 Å². The van der Waals surface area contributed by atoms with Crippen molar-refractivity contribution in [2.24, 2.45) is 0 Å². The SMILES string of the molecule is C=C(CCNC(=O)COc1ccc(Cl)c(F)c1)NC(=O)c1ccc2ccccc2n1. The van der Waals surface area contributed by atoms with E-state index < -0.39 is 5.82 Å². The van der Waals surface area contributed by atoms with Crippen LogP contribution in [0.4, 0.5) is 4.39 Å². The van der Waals surface area contributed by atoms with Gasteiger partial charge in [0.15, 0.2) is 6.61 Å².